The second-order valence-corrected chi connectivity index (χ2v) is 3.92. The molecule has 4 heteroatoms. The molecule has 0 saturated carbocycles. The predicted molar refractivity (Wildman–Crippen MR) is 71.3 cm³/mol. The second kappa shape index (κ2) is 4.84. The fourth-order valence-electron chi connectivity index (χ4n) is 1.59. The van der Waals surface area contributed by atoms with E-state index < -0.39 is 0 Å². The molecule has 0 bridgehead atoms. The van der Waals surface area contributed by atoms with Crippen LogP contribution in [0.3, 0.4) is 0 Å². The monoisotopic (exact) mass is 228 g/mol. The van der Waals surface area contributed by atoms with Gasteiger partial charge in [-0.3, -0.25) is 0 Å². The standard InChI is InChI=1S/C13H16N4/c1-10-6-8-11(9-7-10)17(2)13-5-3-4-12(15-13)16-14/h3-9H,14H2,1-2H3,(H,15,16). The number of aromatic nitrogens is 1. The Bertz CT molecular complexity index is 493. The third-order valence-corrected chi connectivity index (χ3v) is 2.65. The Morgan fingerprint density at radius 3 is 2.47 bits per heavy atom. The molecule has 1 aromatic carbocycles. The SMILES string of the molecule is Cc1ccc(N(C)c2cccc(NN)n2)cc1. The van der Waals surface area contributed by atoms with Gasteiger partial charge in [0.25, 0.3) is 0 Å². The molecule has 88 valence electrons. The molecule has 4 nitrogen and oxygen atoms in total. The van der Waals surface area contributed by atoms with Gasteiger partial charge in [-0.15, -0.1) is 0 Å². The highest BCUT2D eigenvalue weighted by Crippen LogP contribution is 2.22. The Morgan fingerprint density at radius 1 is 1.12 bits per heavy atom. The van der Waals surface area contributed by atoms with E-state index in [2.05, 4.69) is 41.6 Å². The van der Waals surface area contributed by atoms with Crippen molar-refractivity contribution in [1.82, 2.24) is 4.98 Å². The summed E-state index contributed by atoms with van der Waals surface area (Å²) in [6, 6.07) is 14.0. The van der Waals surface area contributed by atoms with Crippen molar-refractivity contribution in [2.45, 2.75) is 6.92 Å². The molecular weight excluding hydrogens is 212 g/mol. The number of rotatable bonds is 3. The number of anilines is 3. The van der Waals surface area contributed by atoms with Gasteiger partial charge in [0, 0.05) is 12.7 Å². The molecular formula is C13H16N4. The number of nitrogen functional groups attached to an aromatic ring is 1. The molecule has 0 unspecified atom stereocenters. The van der Waals surface area contributed by atoms with Crippen molar-refractivity contribution in [2.24, 2.45) is 5.84 Å². The minimum Gasteiger partial charge on any atom is -0.329 e. The van der Waals surface area contributed by atoms with E-state index >= 15 is 0 Å². The third kappa shape index (κ3) is 2.54. The smallest absolute Gasteiger partial charge is 0.142 e. The van der Waals surface area contributed by atoms with E-state index in [1.54, 1.807) is 0 Å². The first-order chi connectivity index (χ1) is 8.20. The zero-order valence-electron chi connectivity index (χ0n) is 10.0. The summed E-state index contributed by atoms with van der Waals surface area (Å²) in [6.45, 7) is 2.07. The van der Waals surface area contributed by atoms with Crippen LogP contribution >= 0.6 is 0 Å². The van der Waals surface area contributed by atoms with Crippen molar-refractivity contribution in [3.05, 3.63) is 48.0 Å². The van der Waals surface area contributed by atoms with Gasteiger partial charge in [0.1, 0.15) is 11.6 Å². The molecule has 0 aliphatic heterocycles. The van der Waals surface area contributed by atoms with Crippen molar-refractivity contribution >= 4 is 17.3 Å². The Labute approximate surface area is 101 Å². The number of benzene rings is 1. The fraction of sp³-hybridized carbons (Fsp3) is 0.154. The van der Waals surface area contributed by atoms with Crippen LogP contribution in [0.25, 0.3) is 0 Å². The average molecular weight is 228 g/mol. The maximum Gasteiger partial charge on any atom is 0.142 e. The van der Waals surface area contributed by atoms with Crippen molar-refractivity contribution < 1.29 is 0 Å². The number of nitrogens with zero attached hydrogens (tertiary/aromatic N) is 2. The zero-order chi connectivity index (χ0) is 12.3. The van der Waals surface area contributed by atoms with E-state index in [4.69, 9.17) is 5.84 Å². The maximum absolute atomic E-state index is 5.35. The quantitative estimate of drug-likeness (QED) is 0.626. The first-order valence-corrected chi connectivity index (χ1v) is 5.45. The molecule has 0 saturated heterocycles. The molecule has 17 heavy (non-hydrogen) atoms. The topological polar surface area (TPSA) is 54.2 Å². The first kappa shape index (κ1) is 11.4. The molecule has 1 aromatic heterocycles. The number of pyridine rings is 1. The van der Waals surface area contributed by atoms with Gasteiger partial charge in [-0.2, -0.15) is 0 Å². The summed E-state index contributed by atoms with van der Waals surface area (Å²) in [5, 5.41) is 0. The molecule has 1 heterocycles. The Morgan fingerprint density at radius 2 is 1.82 bits per heavy atom. The van der Waals surface area contributed by atoms with Crippen LogP contribution in [0.1, 0.15) is 5.56 Å². The summed E-state index contributed by atoms with van der Waals surface area (Å²) in [5.74, 6) is 6.85. The van der Waals surface area contributed by atoms with Crippen LogP contribution in [0.2, 0.25) is 0 Å². The molecule has 0 atom stereocenters. The fourth-order valence-corrected chi connectivity index (χ4v) is 1.59. The molecule has 0 radical (unpaired) electrons. The van der Waals surface area contributed by atoms with E-state index in [-0.39, 0.29) is 0 Å². The summed E-state index contributed by atoms with van der Waals surface area (Å²) < 4.78 is 0. The normalized spacial score (nSPS) is 10.1. The van der Waals surface area contributed by atoms with Crippen LogP contribution in [-0.2, 0) is 0 Å². The van der Waals surface area contributed by atoms with Gasteiger partial charge in [-0.1, -0.05) is 23.8 Å². The van der Waals surface area contributed by atoms with Gasteiger partial charge < -0.3 is 10.3 Å². The number of nitrogens with one attached hydrogen (secondary N) is 1. The van der Waals surface area contributed by atoms with Gasteiger partial charge in [0.15, 0.2) is 0 Å². The van der Waals surface area contributed by atoms with Gasteiger partial charge in [0.05, 0.1) is 0 Å². The highest BCUT2D eigenvalue weighted by Gasteiger charge is 2.05. The lowest BCUT2D eigenvalue weighted by Crippen LogP contribution is -2.14. The van der Waals surface area contributed by atoms with Gasteiger partial charge in [0.2, 0.25) is 0 Å². The summed E-state index contributed by atoms with van der Waals surface area (Å²) in [6.07, 6.45) is 0. The third-order valence-electron chi connectivity index (χ3n) is 2.65. The van der Waals surface area contributed by atoms with Crippen molar-refractivity contribution in [3.63, 3.8) is 0 Å². The lowest BCUT2D eigenvalue weighted by Gasteiger charge is -2.19. The van der Waals surface area contributed by atoms with Crippen molar-refractivity contribution in [3.8, 4) is 0 Å². The number of hydrazine groups is 1. The van der Waals surface area contributed by atoms with E-state index in [1.807, 2.05) is 30.1 Å². The Hall–Kier alpha value is -2.07. The Kier molecular flexibility index (Phi) is 3.25. The minimum absolute atomic E-state index is 0.654. The van der Waals surface area contributed by atoms with Crippen LogP contribution in [0.5, 0.6) is 0 Å². The maximum atomic E-state index is 5.35. The van der Waals surface area contributed by atoms with E-state index in [1.165, 1.54) is 5.56 Å². The highest BCUT2D eigenvalue weighted by molar-refractivity contribution is 5.60. The molecule has 0 fully saturated rings. The molecule has 0 amide bonds. The van der Waals surface area contributed by atoms with Gasteiger partial charge in [-0.25, -0.2) is 10.8 Å². The number of hydrogen-bond donors (Lipinski definition) is 2. The van der Waals surface area contributed by atoms with Gasteiger partial charge in [-0.05, 0) is 31.2 Å². The number of aryl methyl sites for hydroxylation is 1. The summed E-state index contributed by atoms with van der Waals surface area (Å²) >= 11 is 0. The lowest BCUT2D eigenvalue weighted by molar-refractivity contribution is 1.11. The molecule has 0 aliphatic carbocycles. The van der Waals surface area contributed by atoms with Crippen LogP contribution in [0, 0.1) is 6.92 Å². The largest absolute Gasteiger partial charge is 0.329 e. The van der Waals surface area contributed by atoms with Crippen LogP contribution in [-0.4, -0.2) is 12.0 Å². The van der Waals surface area contributed by atoms with E-state index in [0.29, 0.717) is 5.82 Å². The molecule has 2 rings (SSSR count). The van der Waals surface area contributed by atoms with Gasteiger partial charge >= 0.3 is 0 Å². The first-order valence-electron chi connectivity index (χ1n) is 5.45. The summed E-state index contributed by atoms with van der Waals surface area (Å²) in [5.41, 5.74) is 4.88. The number of hydrogen-bond acceptors (Lipinski definition) is 4. The van der Waals surface area contributed by atoms with Crippen LogP contribution < -0.4 is 16.2 Å². The van der Waals surface area contributed by atoms with Crippen molar-refractivity contribution in [2.75, 3.05) is 17.4 Å². The van der Waals surface area contributed by atoms with E-state index in [9.17, 15) is 0 Å². The lowest BCUT2D eigenvalue weighted by atomic mass is 10.2. The molecule has 0 spiro atoms. The van der Waals surface area contributed by atoms with E-state index in [0.717, 1.165) is 11.5 Å². The van der Waals surface area contributed by atoms with Crippen LogP contribution in [0.4, 0.5) is 17.3 Å². The minimum atomic E-state index is 0.654. The molecule has 3 N–H and O–H groups in total. The summed E-state index contributed by atoms with van der Waals surface area (Å²) in [4.78, 5) is 6.39. The Balaban J connectivity index is 2.29. The molecule has 0 aliphatic rings. The predicted octanol–water partition coefficient (Wildman–Crippen LogP) is 2.44. The molecule has 2 aromatic rings. The second-order valence-electron chi connectivity index (χ2n) is 3.92. The zero-order valence-corrected chi connectivity index (χ0v) is 10.0. The van der Waals surface area contributed by atoms with Crippen LogP contribution in [0.15, 0.2) is 42.5 Å². The average Bonchev–Trinajstić information content (AvgIpc) is 2.39. The summed E-state index contributed by atoms with van der Waals surface area (Å²) in [7, 11) is 1.98. The number of nitrogens with two attached hydrogens (primary N) is 1. The van der Waals surface area contributed by atoms with Crippen molar-refractivity contribution in [1.29, 1.82) is 0 Å². The highest BCUT2D eigenvalue weighted by atomic mass is 15.3.